The minimum absolute atomic E-state index is 0.0338. The predicted octanol–water partition coefficient (Wildman–Crippen LogP) is 0.854. The molecule has 0 aromatic carbocycles. The SMILES string of the molecule is CC(C)Cn1ncnc1CC(O)C(O)C(C)C. The fourth-order valence-electron chi connectivity index (χ4n) is 1.70. The summed E-state index contributed by atoms with van der Waals surface area (Å²) >= 11 is 0. The van der Waals surface area contributed by atoms with Gasteiger partial charge < -0.3 is 10.2 Å². The number of rotatable bonds is 6. The lowest BCUT2D eigenvalue weighted by atomic mass is 9.99. The van der Waals surface area contributed by atoms with Gasteiger partial charge in [0.2, 0.25) is 0 Å². The van der Waals surface area contributed by atoms with E-state index < -0.39 is 12.2 Å². The van der Waals surface area contributed by atoms with Gasteiger partial charge in [0.1, 0.15) is 12.2 Å². The summed E-state index contributed by atoms with van der Waals surface area (Å²) in [6.45, 7) is 8.75. The molecule has 17 heavy (non-hydrogen) atoms. The fourth-order valence-corrected chi connectivity index (χ4v) is 1.70. The summed E-state index contributed by atoms with van der Waals surface area (Å²) < 4.78 is 1.79. The van der Waals surface area contributed by atoms with Gasteiger partial charge in [-0.25, -0.2) is 9.67 Å². The summed E-state index contributed by atoms with van der Waals surface area (Å²) in [4.78, 5) is 4.13. The van der Waals surface area contributed by atoms with Crippen molar-refractivity contribution in [2.75, 3.05) is 0 Å². The van der Waals surface area contributed by atoms with Crippen molar-refractivity contribution in [3.05, 3.63) is 12.2 Å². The third kappa shape index (κ3) is 4.09. The lowest BCUT2D eigenvalue weighted by Crippen LogP contribution is -2.33. The molecule has 1 aromatic heterocycles. The zero-order valence-electron chi connectivity index (χ0n) is 11.0. The molecule has 0 radical (unpaired) electrons. The van der Waals surface area contributed by atoms with E-state index in [4.69, 9.17) is 0 Å². The summed E-state index contributed by atoms with van der Waals surface area (Å²) in [5, 5.41) is 23.8. The van der Waals surface area contributed by atoms with E-state index in [1.54, 1.807) is 4.68 Å². The molecule has 0 saturated heterocycles. The van der Waals surface area contributed by atoms with Crippen molar-refractivity contribution in [1.29, 1.82) is 0 Å². The van der Waals surface area contributed by atoms with Gasteiger partial charge in [0.25, 0.3) is 0 Å². The van der Waals surface area contributed by atoms with Crippen LogP contribution in [-0.2, 0) is 13.0 Å². The number of aliphatic hydroxyl groups excluding tert-OH is 2. The monoisotopic (exact) mass is 241 g/mol. The number of nitrogens with zero attached hydrogens (tertiary/aromatic N) is 3. The van der Waals surface area contributed by atoms with E-state index in [0.29, 0.717) is 12.3 Å². The van der Waals surface area contributed by atoms with Crippen molar-refractivity contribution < 1.29 is 10.2 Å². The highest BCUT2D eigenvalue weighted by molar-refractivity contribution is 4.90. The topological polar surface area (TPSA) is 71.2 Å². The van der Waals surface area contributed by atoms with Crippen molar-refractivity contribution in [2.24, 2.45) is 11.8 Å². The van der Waals surface area contributed by atoms with Crippen molar-refractivity contribution in [3.8, 4) is 0 Å². The van der Waals surface area contributed by atoms with Crippen LogP contribution in [0.5, 0.6) is 0 Å². The normalized spacial score (nSPS) is 15.5. The molecular weight excluding hydrogens is 218 g/mol. The van der Waals surface area contributed by atoms with E-state index in [-0.39, 0.29) is 5.92 Å². The third-order valence-electron chi connectivity index (χ3n) is 2.70. The van der Waals surface area contributed by atoms with Crippen LogP contribution >= 0.6 is 0 Å². The quantitative estimate of drug-likeness (QED) is 0.774. The highest BCUT2D eigenvalue weighted by atomic mass is 16.3. The molecule has 0 spiro atoms. The van der Waals surface area contributed by atoms with Gasteiger partial charge in [-0.1, -0.05) is 27.7 Å². The maximum Gasteiger partial charge on any atom is 0.138 e. The van der Waals surface area contributed by atoms with Crippen molar-refractivity contribution >= 4 is 0 Å². The lowest BCUT2D eigenvalue weighted by molar-refractivity contribution is -0.00884. The molecule has 1 heterocycles. The predicted molar refractivity (Wildman–Crippen MR) is 65.4 cm³/mol. The van der Waals surface area contributed by atoms with Crippen molar-refractivity contribution in [1.82, 2.24) is 14.8 Å². The van der Waals surface area contributed by atoms with Crippen LogP contribution in [0.4, 0.5) is 0 Å². The molecule has 98 valence electrons. The number of aromatic nitrogens is 3. The Kier molecular flexibility index (Phi) is 5.08. The molecule has 0 fully saturated rings. The minimum atomic E-state index is -0.787. The van der Waals surface area contributed by atoms with E-state index in [0.717, 1.165) is 12.4 Å². The van der Waals surface area contributed by atoms with Gasteiger partial charge in [0.05, 0.1) is 12.2 Å². The van der Waals surface area contributed by atoms with Gasteiger partial charge in [-0.15, -0.1) is 0 Å². The van der Waals surface area contributed by atoms with Gasteiger partial charge in [-0.3, -0.25) is 0 Å². The molecule has 0 aliphatic heterocycles. The molecule has 0 amide bonds. The maximum absolute atomic E-state index is 9.89. The van der Waals surface area contributed by atoms with Crippen LogP contribution in [0.3, 0.4) is 0 Å². The molecule has 0 aliphatic carbocycles. The van der Waals surface area contributed by atoms with E-state index in [1.165, 1.54) is 6.33 Å². The molecule has 0 bridgehead atoms. The average Bonchev–Trinajstić information content (AvgIpc) is 2.63. The van der Waals surface area contributed by atoms with Gasteiger partial charge in [-0.05, 0) is 11.8 Å². The first-order valence-electron chi connectivity index (χ1n) is 6.14. The average molecular weight is 241 g/mol. The molecule has 1 rings (SSSR count). The molecule has 2 atom stereocenters. The largest absolute Gasteiger partial charge is 0.390 e. The molecule has 2 unspecified atom stereocenters. The Balaban J connectivity index is 2.65. The second kappa shape index (κ2) is 6.12. The molecule has 5 nitrogen and oxygen atoms in total. The summed E-state index contributed by atoms with van der Waals surface area (Å²) in [6.07, 6.45) is 0.322. The first-order valence-corrected chi connectivity index (χ1v) is 6.14. The standard InChI is InChI=1S/C12H23N3O2/c1-8(2)6-15-11(13-7-14-15)5-10(16)12(17)9(3)4/h7-10,12,16-17H,5-6H2,1-4H3. The van der Waals surface area contributed by atoms with E-state index >= 15 is 0 Å². The van der Waals surface area contributed by atoms with Crippen LogP contribution in [0, 0.1) is 11.8 Å². The summed E-state index contributed by atoms with van der Waals surface area (Å²) in [7, 11) is 0. The molecule has 2 N–H and O–H groups in total. The number of hydrogen-bond acceptors (Lipinski definition) is 4. The van der Waals surface area contributed by atoms with Crippen molar-refractivity contribution in [3.63, 3.8) is 0 Å². The summed E-state index contributed by atoms with van der Waals surface area (Å²) in [6, 6.07) is 0. The molecule has 5 heteroatoms. The maximum atomic E-state index is 9.89. The molecule has 0 aliphatic rings. The number of hydrogen-bond donors (Lipinski definition) is 2. The molecular formula is C12H23N3O2. The Morgan fingerprint density at radius 2 is 1.88 bits per heavy atom. The van der Waals surface area contributed by atoms with Crippen LogP contribution in [0.25, 0.3) is 0 Å². The van der Waals surface area contributed by atoms with Crippen LogP contribution in [0.1, 0.15) is 33.5 Å². The highest BCUT2D eigenvalue weighted by Crippen LogP contribution is 2.11. The van der Waals surface area contributed by atoms with Gasteiger partial charge in [0, 0.05) is 13.0 Å². The zero-order chi connectivity index (χ0) is 13.0. The zero-order valence-corrected chi connectivity index (χ0v) is 11.0. The second-order valence-corrected chi connectivity index (χ2v) is 5.26. The molecule has 1 aromatic rings. The Morgan fingerprint density at radius 3 is 2.41 bits per heavy atom. The summed E-state index contributed by atoms with van der Waals surface area (Å²) in [5.74, 6) is 1.24. The van der Waals surface area contributed by atoms with Gasteiger partial charge in [0.15, 0.2) is 0 Å². The van der Waals surface area contributed by atoms with Crippen molar-refractivity contribution in [2.45, 2.75) is 52.9 Å². The highest BCUT2D eigenvalue weighted by Gasteiger charge is 2.22. The van der Waals surface area contributed by atoms with Gasteiger partial charge >= 0.3 is 0 Å². The minimum Gasteiger partial charge on any atom is -0.390 e. The lowest BCUT2D eigenvalue weighted by Gasteiger charge is -2.21. The molecule has 0 saturated carbocycles. The summed E-state index contributed by atoms with van der Waals surface area (Å²) in [5.41, 5.74) is 0. The van der Waals surface area contributed by atoms with Crippen LogP contribution < -0.4 is 0 Å². The van der Waals surface area contributed by atoms with E-state index in [9.17, 15) is 10.2 Å². The Bertz CT molecular complexity index is 336. The fraction of sp³-hybridized carbons (Fsp3) is 0.833. The first-order chi connectivity index (χ1) is 7.91. The van der Waals surface area contributed by atoms with E-state index in [1.807, 2.05) is 13.8 Å². The Hall–Kier alpha value is -0.940. The second-order valence-electron chi connectivity index (χ2n) is 5.26. The number of aliphatic hydroxyl groups is 2. The van der Waals surface area contributed by atoms with E-state index in [2.05, 4.69) is 23.9 Å². The Morgan fingerprint density at radius 1 is 1.24 bits per heavy atom. The Labute approximate surface area is 102 Å². The third-order valence-corrected chi connectivity index (χ3v) is 2.70. The first kappa shape index (κ1) is 14.1. The van der Waals surface area contributed by atoms with Gasteiger partial charge in [-0.2, -0.15) is 5.10 Å². The smallest absolute Gasteiger partial charge is 0.138 e. The van der Waals surface area contributed by atoms with Crippen LogP contribution in [0.15, 0.2) is 6.33 Å². The van der Waals surface area contributed by atoms with Crippen LogP contribution in [-0.4, -0.2) is 37.2 Å². The van der Waals surface area contributed by atoms with Crippen LogP contribution in [0.2, 0.25) is 0 Å².